The molecule has 1 aromatic carbocycles. The van der Waals surface area contributed by atoms with Crippen molar-refractivity contribution in [3.8, 4) is 0 Å². The normalized spacial score (nSPS) is 12.5. The molecule has 0 radical (unpaired) electrons. The van der Waals surface area contributed by atoms with Gasteiger partial charge in [0.2, 0.25) is 0 Å². The van der Waals surface area contributed by atoms with Gasteiger partial charge in [0.05, 0.1) is 6.61 Å². The molecule has 0 spiro atoms. The zero-order valence-electron chi connectivity index (χ0n) is 13.5. The quantitative estimate of drug-likeness (QED) is 0.547. The van der Waals surface area contributed by atoms with Crippen LogP contribution in [0.2, 0.25) is 5.02 Å². The Hall–Kier alpha value is -0.570. The fourth-order valence-electron chi connectivity index (χ4n) is 2.57. The van der Waals surface area contributed by atoms with Crippen LogP contribution in [-0.4, -0.2) is 26.8 Å². The highest BCUT2D eigenvalue weighted by atomic mass is 35.5. The highest BCUT2D eigenvalue weighted by Crippen LogP contribution is 2.24. The third-order valence-electron chi connectivity index (χ3n) is 3.87. The summed E-state index contributed by atoms with van der Waals surface area (Å²) in [5.41, 5.74) is 1.39. The van der Waals surface area contributed by atoms with Gasteiger partial charge < -0.3 is 10.1 Å². The molecule has 1 atom stereocenters. The van der Waals surface area contributed by atoms with Crippen molar-refractivity contribution in [2.24, 2.45) is 0 Å². The smallest absolute Gasteiger partial charge is 0.0587 e. The van der Waals surface area contributed by atoms with Gasteiger partial charge in [-0.15, -0.1) is 0 Å². The van der Waals surface area contributed by atoms with Gasteiger partial charge in [-0.25, -0.2) is 0 Å². The Kier molecular flexibility index (Phi) is 10.6. The average molecular weight is 312 g/mol. The van der Waals surface area contributed by atoms with Gasteiger partial charge in [-0.3, -0.25) is 0 Å². The van der Waals surface area contributed by atoms with E-state index in [-0.39, 0.29) is 0 Å². The lowest BCUT2D eigenvalue weighted by Gasteiger charge is -2.18. The molecule has 0 saturated heterocycles. The second-order valence-corrected chi connectivity index (χ2v) is 6.08. The summed E-state index contributed by atoms with van der Waals surface area (Å²) in [5.74, 6) is 0.570. The van der Waals surface area contributed by atoms with Crippen LogP contribution in [0.15, 0.2) is 24.3 Å². The second kappa shape index (κ2) is 12.0. The number of ether oxygens (including phenoxy) is 1. The lowest BCUT2D eigenvalue weighted by Crippen LogP contribution is -2.25. The molecule has 0 aromatic heterocycles. The summed E-state index contributed by atoms with van der Waals surface area (Å²) in [4.78, 5) is 0. The van der Waals surface area contributed by atoms with E-state index in [0.29, 0.717) is 5.92 Å². The van der Waals surface area contributed by atoms with E-state index in [1.807, 2.05) is 12.1 Å². The second-order valence-electron chi connectivity index (χ2n) is 5.65. The molecule has 1 aromatic rings. The first-order valence-corrected chi connectivity index (χ1v) is 8.60. The maximum atomic E-state index is 5.99. The minimum Gasteiger partial charge on any atom is -0.383 e. The van der Waals surface area contributed by atoms with E-state index in [4.69, 9.17) is 16.3 Å². The van der Waals surface area contributed by atoms with Gasteiger partial charge in [0.25, 0.3) is 0 Å². The number of methoxy groups -OCH3 is 1. The van der Waals surface area contributed by atoms with Crippen LogP contribution in [0.5, 0.6) is 0 Å². The number of benzene rings is 1. The molecule has 3 heteroatoms. The monoisotopic (exact) mass is 311 g/mol. The van der Waals surface area contributed by atoms with Gasteiger partial charge in [-0.05, 0) is 30.0 Å². The van der Waals surface area contributed by atoms with Crippen molar-refractivity contribution >= 4 is 11.6 Å². The predicted octanol–water partition coefficient (Wildman–Crippen LogP) is 5.02. The number of rotatable bonds is 12. The van der Waals surface area contributed by atoms with Crippen LogP contribution in [0.3, 0.4) is 0 Å². The molecule has 21 heavy (non-hydrogen) atoms. The molecule has 120 valence electrons. The molecule has 0 aliphatic heterocycles. The van der Waals surface area contributed by atoms with E-state index < -0.39 is 0 Å². The van der Waals surface area contributed by atoms with Crippen LogP contribution in [0.1, 0.15) is 56.9 Å². The van der Waals surface area contributed by atoms with Crippen LogP contribution in [0.4, 0.5) is 0 Å². The Morgan fingerprint density at radius 2 is 1.81 bits per heavy atom. The maximum absolute atomic E-state index is 5.99. The molecule has 1 N–H and O–H groups in total. The van der Waals surface area contributed by atoms with E-state index >= 15 is 0 Å². The van der Waals surface area contributed by atoms with E-state index in [0.717, 1.165) is 24.7 Å². The first-order chi connectivity index (χ1) is 10.3. The molecule has 0 bridgehead atoms. The van der Waals surface area contributed by atoms with E-state index in [1.165, 1.54) is 44.1 Å². The number of hydrogen-bond donors (Lipinski definition) is 1. The molecule has 0 aliphatic rings. The number of halogens is 1. The van der Waals surface area contributed by atoms with Crippen LogP contribution in [0, 0.1) is 0 Å². The topological polar surface area (TPSA) is 21.3 Å². The third kappa shape index (κ3) is 8.45. The minimum absolute atomic E-state index is 0.570. The summed E-state index contributed by atoms with van der Waals surface area (Å²) in [6, 6.07) is 8.32. The van der Waals surface area contributed by atoms with E-state index in [1.54, 1.807) is 7.11 Å². The summed E-state index contributed by atoms with van der Waals surface area (Å²) < 4.78 is 5.09. The van der Waals surface area contributed by atoms with Gasteiger partial charge in [-0.2, -0.15) is 0 Å². The van der Waals surface area contributed by atoms with Crippen LogP contribution in [0.25, 0.3) is 0 Å². The summed E-state index contributed by atoms with van der Waals surface area (Å²) in [7, 11) is 1.74. The van der Waals surface area contributed by atoms with Gasteiger partial charge in [0.1, 0.15) is 0 Å². The molecule has 1 unspecified atom stereocenters. The van der Waals surface area contributed by atoms with Gasteiger partial charge in [0.15, 0.2) is 0 Å². The largest absolute Gasteiger partial charge is 0.383 e. The fourth-order valence-corrected chi connectivity index (χ4v) is 2.69. The number of hydrogen-bond acceptors (Lipinski definition) is 2. The van der Waals surface area contributed by atoms with Crippen molar-refractivity contribution in [3.05, 3.63) is 34.9 Å². The Morgan fingerprint density at radius 3 is 2.48 bits per heavy atom. The summed E-state index contributed by atoms with van der Waals surface area (Å²) in [5, 5.41) is 4.31. The Morgan fingerprint density at radius 1 is 1.10 bits per heavy atom. The zero-order chi connectivity index (χ0) is 15.3. The lowest BCUT2D eigenvalue weighted by atomic mass is 9.93. The molecule has 2 nitrogen and oxygen atoms in total. The van der Waals surface area contributed by atoms with Crippen molar-refractivity contribution in [1.29, 1.82) is 0 Å². The van der Waals surface area contributed by atoms with Crippen molar-refractivity contribution in [2.45, 2.75) is 51.4 Å². The van der Waals surface area contributed by atoms with Crippen LogP contribution in [-0.2, 0) is 4.74 Å². The predicted molar refractivity (Wildman–Crippen MR) is 92.3 cm³/mol. The molecule has 0 saturated carbocycles. The molecule has 0 amide bonds. The SMILES string of the molecule is CCCCCCCC(CNCCOC)c1ccc(Cl)cc1. The number of unbranched alkanes of at least 4 members (excludes halogenated alkanes) is 4. The number of nitrogens with one attached hydrogen (secondary N) is 1. The highest BCUT2D eigenvalue weighted by Gasteiger charge is 2.11. The molecule has 1 rings (SSSR count). The standard InChI is InChI=1S/C18H30ClNO/c1-3-4-5-6-7-8-17(15-20-13-14-21-2)16-9-11-18(19)12-10-16/h9-12,17,20H,3-8,13-15H2,1-2H3. The molecule has 0 fully saturated rings. The van der Waals surface area contributed by atoms with Gasteiger partial charge in [0, 0.05) is 25.2 Å². The van der Waals surface area contributed by atoms with Crippen molar-refractivity contribution < 1.29 is 4.74 Å². The third-order valence-corrected chi connectivity index (χ3v) is 4.12. The highest BCUT2D eigenvalue weighted by molar-refractivity contribution is 6.30. The average Bonchev–Trinajstić information content (AvgIpc) is 2.50. The first-order valence-electron chi connectivity index (χ1n) is 8.23. The minimum atomic E-state index is 0.570. The van der Waals surface area contributed by atoms with E-state index in [2.05, 4.69) is 24.4 Å². The van der Waals surface area contributed by atoms with Gasteiger partial charge in [-0.1, -0.05) is 62.8 Å². The zero-order valence-corrected chi connectivity index (χ0v) is 14.3. The Bertz CT molecular complexity index is 353. The van der Waals surface area contributed by atoms with Crippen molar-refractivity contribution in [1.82, 2.24) is 5.32 Å². The maximum Gasteiger partial charge on any atom is 0.0587 e. The van der Waals surface area contributed by atoms with Crippen LogP contribution >= 0.6 is 11.6 Å². The Labute approximate surface area is 135 Å². The van der Waals surface area contributed by atoms with Crippen molar-refractivity contribution in [2.75, 3.05) is 26.8 Å². The molecular weight excluding hydrogens is 282 g/mol. The molecule has 0 aliphatic carbocycles. The van der Waals surface area contributed by atoms with E-state index in [9.17, 15) is 0 Å². The molecular formula is C18H30ClNO. The molecule has 0 heterocycles. The summed E-state index contributed by atoms with van der Waals surface area (Å²) >= 11 is 5.99. The fraction of sp³-hybridized carbons (Fsp3) is 0.667. The Balaban J connectivity index is 2.43. The lowest BCUT2D eigenvalue weighted by molar-refractivity contribution is 0.198. The summed E-state index contributed by atoms with van der Waals surface area (Å²) in [6.45, 7) is 4.95. The summed E-state index contributed by atoms with van der Waals surface area (Å²) in [6.07, 6.45) is 7.92. The van der Waals surface area contributed by atoms with Crippen LogP contribution < -0.4 is 5.32 Å². The van der Waals surface area contributed by atoms with Gasteiger partial charge >= 0.3 is 0 Å². The first kappa shape index (κ1) is 18.5. The van der Waals surface area contributed by atoms with Crippen molar-refractivity contribution in [3.63, 3.8) is 0 Å².